The number of benzene rings is 3. The number of hydrogen-bond donors (Lipinski definition) is 0. The van der Waals surface area contributed by atoms with E-state index < -0.39 is 0 Å². The molecular weight excluding hydrogens is 306 g/mol. The van der Waals surface area contributed by atoms with Gasteiger partial charge in [0.1, 0.15) is 5.75 Å². The van der Waals surface area contributed by atoms with E-state index in [0.717, 1.165) is 12.3 Å². The molecule has 2 heteroatoms. The van der Waals surface area contributed by atoms with Crippen LogP contribution in [0.1, 0.15) is 6.92 Å². The van der Waals surface area contributed by atoms with Gasteiger partial charge in [-0.1, -0.05) is 60.7 Å². The Hall–Kier alpha value is -3.00. The quantitative estimate of drug-likeness (QED) is 0.448. The zero-order valence-corrected chi connectivity index (χ0v) is 14.6. The first-order valence-electron chi connectivity index (χ1n) is 8.64. The lowest BCUT2D eigenvalue weighted by Gasteiger charge is -2.11. The third-order valence-corrected chi connectivity index (χ3v) is 4.71. The Morgan fingerprint density at radius 2 is 1.44 bits per heavy atom. The molecule has 0 amide bonds. The summed E-state index contributed by atoms with van der Waals surface area (Å²) in [6.07, 6.45) is 0. The Kier molecular flexibility index (Phi) is 4.02. The van der Waals surface area contributed by atoms with E-state index in [-0.39, 0.29) is 0 Å². The molecule has 2 nitrogen and oxygen atoms in total. The number of aryl methyl sites for hydroxylation is 1. The van der Waals surface area contributed by atoms with Crippen molar-refractivity contribution in [3.8, 4) is 28.1 Å². The van der Waals surface area contributed by atoms with Crippen LogP contribution >= 0.6 is 0 Å². The largest absolute Gasteiger partial charge is 0.497 e. The zero-order chi connectivity index (χ0) is 17.2. The lowest BCUT2D eigenvalue weighted by molar-refractivity contribution is 0.415. The van der Waals surface area contributed by atoms with Crippen LogP contribution < -0.4 is 4.74 Å². The van der Waals surface area contributed by atoms with Crippen molar-refractivity contribution in [2.45, 2.75) is 13.5 Å². The van der Waals surface area contributed by atoms with Gasteiger partial charge in [0.05, 0.1) is 12.8 Å². The minimum Gasteiger partial charge on any atom is -0.497 e. The summed E-state index contributed by atoms with van der Waals surface area (Å²) in [4.78, 5) is 0. The standard InChI is InChI=1S/C23H21NO/c1-3-24-21-12-8-7-11-20(21)22(17-13-15-19(25-2)16-14-17)23(24)18-9-5-4-6-10-18/h4-16H,3H2,1-2H3. The van der Waals surface area contributed by atoms with Crippen LogP contribution in [-0.2, 0) is 6.54 Å². The first-order chi connectivity index (χ1) is 12.3. The maximum absolute atomic E-state index is 5.33. The average molecular weight is 327 g/mol. The Balaban J connectivity index is 2.07. The number of nitrogens with zero attached hydrogens (tertiary/aromatic N) is 1. The van der Waals surface area contributed by atoms with Gasteiger partial charge in [-0.15, -0.1) is 0 Å². The third-order valence-electron chi connectivity index (χ3n) is 4.71. The van der Waals surface area contributed by atoms with E-state index in [4.69, 9.17) is 4.74 Å². The van der Waals surface area contributed by atoms with Gasteiger partial charge < -0.3 is 9.30 Å². The Bertz CT molecular complexity index is 998. The fraction of sp³-hybridized carbons (Fsp3) is 0.130. The summed E-state index contributed by atoms with van der Waals surface area (Å²) in [5, 5.41) is 1.29. The second kappa shape index (κ2) is 6.48. The number of para-hydroxylation sites is 1. The molecule has 0 aliphatic heterocycles. The summed E-state index contributed by atoms with van der Waals surface area (Å²) in [7, 11) is 1.70. The van der Waals surface area contributed by atoms with Crippen molar-refractivity contribution in [3.05, 3.63) is 78.9 Å². The van der Waals surface area contributed by atoms with Gasteiger partial charge >= 0.3 is 0 Å². The number of aromatic nitrogens is 1. The Morgan fingerprint density at radius 1 is 0.760 bits per heavy atom. The molecular formula is C23H21NO. The number of fused-ring (bicyclic) bond motifs is 1. The molecule has 0 saturated heterocycles. The van der Waals surface area contributed by atoms with Gasteiger partial charge in [-0.25, -0.2) is 0 Å². The highest BCUT2D eigenvalue weighted by molar-refractivity contribution is 6.04. The predicted molar refractivity (Wildman–Crippen MR) is 105 cm³/mol. The van der Waals surface area contributed by atoms with E-state index in [1.165, 1.54) is 33.3 Å². The highest BCUT2D eigenvalue weighted by Crippen LogP contribution is 2.41. The molecule has 1 heterocycles. The maximum atomic E-state index is 5.33. The molecule has 0 bridgehead atoms. The van der Waals surface area contributed by atoms with Crippen molar-refractivity contribution in [2.24, 2.45) is 0 Å². The molecule has 0 saturated carbocycles. The molecule has 124 valence electrons. The Labute approximate surface area is 148 Å². The second-order valence-electron chi connectivity index (χ2n) is 6.08. The van der Waals surface area contributed by atoms with E-state index in [1.54, 1.807) is 7.11 Å². The number of hydrogen-bond acceptors (Lipinski definition) is 1. The summed E-state index contributed by atoms with van der Waals surface area (Å²) < 4.78 is 7.74. The molecule has 0 aliphatic carbocycles. The van der Waals surface area contributed by atoms with Crippen molar-refractivity contribution in [3.63, 3.8) is 0 Å². The van der Waals surface area contributed by atoms with Crippen molar-refractivity contribution in [2.75, 3.05) is 7.11 Å². The van der Waals surface area contributed by atoms with Crippen molar-refractivity contribution in [1.29, 1.82) is 0 Å². The summed E-state index contributed by atoms with van der Waals surface area (Å²) in [5.41, 5.74) is 6.28. The highest BCUT2D eigenvalue weighted by Gasteiger charge is 2.18. The molecule has 3 aromatic carbocycles. The fourth-order valence-corrected chi connectivity index (χ4v) is 3.58. The van der Waals surface area contributed by atoms with Gasteiger partial charge in [0.2, 0.25) is 0 Å². The number of methoxy groups -OCH3 is 1. The molecule has 4 aromatic rings. The van der Waals surface area contributed by atoms with E-state index in [1.807, 2.05) is 12.1 Å². The van der Waals surface area contributed by atoms with Gasteiger partial charge in [-0.3, -0.25) is 0 Å². The van der Waals surface area contributed by atoms with E-state index in [9.17, 15) is 0 Å². The molecule has 0 N–H and O–H groups in total. The van der Waals surface area contributed by atoms with E-state index in [0.29, 0.717) is 0 Å². The predicted octanol–water partition coefficient (Wildman–Crippen LogP) is 6.00. The first-order valence-corrected chi connectivity index (χ1v) is 8.64. The van der Waals surface area contributed by atoms with Crippen LogP contribution in [0.25, 0.3) is 33.3 Å². The van der Waals surface area contributed by atoms with Crippen molar-refractivity contribution in [1.82, 2.24) is 4.57 Å². The molecule has 0 fully saturated rings. The van der Waals surface area contributed by atoms with Crippen LogP contribution in [0.3, 0.4) is 0 Å². The summed E-state index contributed by atoms with van der Waals surface area (Å²) in [5.74, 6) is 0.879. The van der Waals surface area contributed by atoms with Crippen LogP contribution in [-0.4, -0.2) is 11.7 Å². The van der Waals surface area contributed by atoms with Crippen LogP contribution in [0, 0.1) is 0 Å². The Morgan fingerprint density at radius 3 is 2.12 bits per heavy atom. The SMILES string of the molecule is CCn1c(-c2ccccc2)c(-c2ccc(OC)cc2)c2ccccc21. The summed E-state index contributed by atoms with van der Waals surface area (Å²) in [6.45, 7) is 3.14. The second-order valence-corrected chi connectivity index (χ2v) is 6.08. The topological polar surface area (TPSA) is 14.2 Å². The lowest BCUT2D eigenvalue weighted by atomic mass is 9.98. The monoisotopic (exact) mass is 327 g/mol. The highest BCUT2D eigenvalue weighted by atomic mass is 16.5. The van der Waals surface area contributed by atoms with Crippen LogP contribution in [0.5, 0.6) is 5.75 Å². The summed E-state index contributed by atoms with van der Waals surface area (Å²) >= 11 is 0. The van der Waals surface area contributed by atoms with Gasteiger partial charge in [-0.2, -0.15) is 0 Å². The molecule has 4 rings (SSSR count). The average Bonchev–Trinajstić information content (AvgIpc) is 3.03. The molecule has 0 spiro atoms. The van der Waals surface area contributed by atoms with Gasteiger partial charge in [0.15, 0.2) is 0 Å². The van der Waals surface area contributed by atoms with Gasteiger partial charge in [0.25, 0.3) is 0 Å². The summed E-state index contributed by atoms with van der Waals surface area (Å²) in [6, 6.07) is 27.6. The van der Waals surface area contributed by atoms with Crippen LogP contribution in [0.2, 0.25) is 0 Å². The van der Waals surface area contributed by atoms with E-state index >= 15 is 0 Å². The normalized spacial score (nSPS) is 11.0. The molecule has 0 radical (unpaired) electrons. The van der Waals surface area contributed by atoms with Gasteiger partial charge in [0, 0.05) is 23.0 Å². The molecule has 0 atom stereocenters. The smallest absolute Gasteiger partial charge is 0.118 e. The fourth-order valence-electron chi connectivity index (χ4n) is 3.58. The molecule has 0 unspecified atom stereocenters. The number of rotatable bonds is 4. The van der Waals surface area contributed by atoms with Crippen molar-refractivity contribution < 1.29 is 4.74 Å². The minimum atomic E-state index is 0.879. The first kappa shape index (κ1) is 15.5. The molecule has 1 aromatic heterocycles. The molecule has 0 aliphatic rings. The van der Waals surface area contributed by atoms with Gasteiger partial charge in [-0.05, 0) is 36.2 Å². The molecule has 25 heavy (non-hydrogen) atoms. The number of ether oxygens (including phenoxy) is 1. The maximum Gasteiger partial charge on any atom is 0.118 e. The minimum absolute atomic E-state index is 0.879. The zero-order valence-electron chi connectivity index (χ0n) is 14.6. The van der Waals surface area contributed by atoms with E-state index in [2.05, 4.69) is 78.2 Å². The van der Waals surface area contributed by atoms with Crippen molar-refractivity contribution >= 4 is 10.9 Å². The lowest BCUT2D eigenvalue weighted by Crippen LogP contribution is -1.97. The van der Waals surface area contributed by atoms with Crippen LogP contribution in [0.4, 0.5) is 0 Å². The third kappa shape index (κ3) is 2.60. The van der Waals surface area contributed by atoms with Crippen LogP contribution in [0.15, 0.2) is 78.9 Å².